The quantitative estimate of drug-likeness (QED) is 0.484. The molecule has 3 N–H and O–H groups in total. The molecule has 146 valence electrons. The van der Waals surface area contributed by atoms with Crippen LogP contribution in [0.3, 0.4) is 0 Å². The van der Waals surface area contributed by atoms with Crippen LogP contribution in [-0.4, -0.2) is 29.2 Å². The molecule has 0 atom stereocenters. The smallest absolute Gasteiger partial charge is 0.162 e. The largest absolute Gasteiger partial charge is 0.493 e. The molecule has 7 heteroatoms. The van der Waals surface area contributed by atoms with Crippen molar-refractivity contribution in [2.45, 2.75) is 6.54 Å². The summed E-state index contributed by atoms with van der Waals surface area (Å²) in [5, 5.41) is 4.23. The van der Waals surface area contributed by atoms with Crippen molar-refractivity contribution in [1.82, 2.24) is 15.0 Å². The van der Waals surface area contributed by atoms with Crippen molar-refractivity contribution in [2.24, 2.45) is 0 Å². The van der Waals surface area contributed by atoms with E-state index < -0.39 is 0 Å². The second-order valence-electron chi connectivity index (χ2n) is 6.46. The third-order valence-electron chi connectivity index (χ3n) is 4.53. The number of ether oxygens (including phenoxy) is 2. The number of methoxy groups -OCH3 is 2. The Labute approximate surface area is 168 Å². The minimum absolute atomic E-state index is 0.574. The fourth-order valence-corrected chi connectivity index (χ4v) is 3.09. The fraction of sp³-hybridized carbons (Fsp3) is 0.136. The maximum absolute atomic E-state index is 5.95. The monoisotopic (exact) mass is 387 g/mol. The van der Waals surface area contributed by atoms with Gasteiger partial charge in [-0.2, -0.15) is 0 Å². The summed E-state index contributed by atoms with van der Waals surface area (Å²) >= 11 is 0. The number of nitrogens with two attached hydrogens (primary N) is 1. The lowest BCUT2D eigenvalue weighted by Gasteiger charge is -2.14. The molecule has 2 aromatic heterocycles. The van der Waals surface area contributed by atoms with E-state index in [1.165, 1.54) is 0 Å². The maximum atomic E-state index is 5.95. The summed E-state index contributed by atoms with van der Waals surface area (Å²) in [5.74, 6) is 2.49. The van der Waals surface area contributed by atoms with E-state index in [9.17, 15) is 0 Å². The molecule has 2 aromatic carbocycles. The summed E-state index contributed by atoms with van der Waals surface area (Å²) in [7, 11) is 3.21. The van der Waals surface area contributed by atoms with E-state index >= 15 is 0 Å². The minimum Gasteiger partial charge on any atom is -0.493 e. The first-order valence-electron chi connectivity index (χ1n) is 9.10. The minimum atomic E-state index is 0.574. The van der Waals surface area contributed by atoms with Crippen LogP contribution in [0.1, 0.15) is 5.56 Å². The molecular formula is C22H21N5O2. The predicted octanol–water partition coefficient (Wildman–Crippen LogP) is 3.90. The highest BCUT2D eigenvalue weighted by molar-refractivity contribution is 5.93. The fourth-order valence-electron chi connectivity index (χ4n) is 3.09. The van der Waals surface area contributed by atoms with Crippen LogP contribution in [0.4, 0.5) is 11.5 Å². The van der Waals surface area contributed by atoms with Crippen LogP contribution in [0.5, 0.6) is 11.5 Å². The average molecular weight is 387 g/mol. The Balaban J connectivity index is 1.84. The van der Waals surface area contributed by atoms with Crippen molar-refractivity contribution >= 4 is 22.4 Å². The van der Waals surface area contributed by atoms with Crippen LogP contribution in [-0.2, 0) is 6.54 Å². The second-order valence-corrected chi connectivity index (χ2v) is 6.46. The lowest BCUT2D eigenvalue weighted by molar-refractivity contribution is 0.356. The normalized spacial score (nSPS) is 10.7. The summed E-state index contributed by atoms with van der Waals surface area (Å²) in [6.45, 7) is 0.574. The van der Waals surface area contributed by atoms with Gasteiger partial charge in [0.15, 0.2) is 17.3 Å². The highest BCUT2D eigenvalue weighted by atomic mass is 16.5. The van der Waals surface area contributed by atoms with Gasteiger partial charge in [0, 0.05) is 41.6 Å². The Kier molecular flexibility index (Phi) is 5.11. The Bertz CT molecular complexity index is 1150. The molecule has 0 saturated heterocycles. The summed E-state index contributed by atoms with van der Waals surface area (Å²) in [6, 6.07) is 15.1. The number of nitrogens with one attached hydrogen (secondary N) is 1. The van der Waals surface area contributed by atoms with Gasteiger partial charge < -0.3 is 20.5 Å². The van der Waals surface area contributed by atoms with Gasteiger partial charge in [-0.1, -0.05) is 18.2 Å². The molecule has 0 fully saturated rings. The highest BCUT2D eigenvalue weighted by Gasteiger charge is 2.14. The van der Waals surface area contributed by atoms with E-state index in [1.54, 1.807) is 20.4 Å². The molecule has 0 bridgehead atoms. The van der Waals surface area contributed by atoms with Gasteiger partial charge in [-0.15, -0.1) is 0 Å². The van der Waals surface area contributed by atoms with E-state index in [-0.39, 0.29) is 0 Å². The topological polar surface area (TPSA) is 95.2 Å². The number of pyridine rings is 1. The Hall–Kier alpha value is -3.87. The van der Waals surface area contributed by atoms with Gasteiger partial charge in [-0.25, -0.2) is 9.97 Å². The maximum Gasteiger partial charge on any atom is 0.162 e. The number of anilines is 2. The molecule has 0 radical (unpaired) electrons. The van der Waals surface area contributed by atoms with Gasteiger partial charge in [0.05, 0.1) is 19.7 Å². The van der Waals surface area contributed by atoms with Gasteiger partial charge in [-0.3, -0.25) is 4.98 Å². The van der Waals surface area contributed by atoms with Crippen LogP contribution in [0.25, 0.3) is 22.3 Å². The van der Waals surface area contributed by atoms with Gasteiger partial charge in [0.1, 0.15) is 5.82 Å². The first-order valence-corrected chi connectivity index (χ1v) is 9.10. The molecule has 2 heterocycles. The zero-order chi connectivity index (χ0) is 20.2. The van der Waals surface area contributed by atoms with E-state index in [4.69, 9.17) is 25.2 Å². The summed E-state index contributed by atoms with van der Waals surface area (Å²) in [4.78, 5) is 13.7. The number of benzene rings is 2. The van der Waals surface area contributed by atoms with E-state index in [0.717, 1.165) is 22.0 Å². The van der Waals surface area contributed by atoms with Crippen molar-refractivity contribution in [3.05, 3.63) is 66.5 Å². The third-order valence-corrected chi connectivity index (χ3v) is 4.53. The zero-order valence-electron chi connectivity index (χ0n) is 16.2. The Morgan fingerprint density at radius 2 is 1.79 bits per heavy atom. The molecule has 0 amide bonds. The van der Waals surface area contributed by atoms with Crippen LogP contribution in [0.2, 0.25) is 0 Å². The number of nitrogens with zero attached hydrogens (tertiary/aromatic N) is 3. The summed E-state index contributed by atoms with van der Waals surface area (Å²) < 4.78 is 10.9. The van der Waals surface area contributed by atoms with Crippen molar-refractivity contribution in [3.8, 4) is 22.9 Å². The van der Waals surface area contributed by atoms with Gasteiger partial charge in [0.25, 0.3) is 0 Å². The van der Waals surface area contributed by atoms with Crippen molar-refractivity contribution in [3.63, 3.8) is 0 Å². The first-order chi connectivity index (χ1) is 14.2. The number of aromatic nitrogens is 3. The first kappa shape index (κ1) is 18.5. The number of fused-ring (bicyclic) bond motifs is 1. The zero-order valence-corrected chi connectivity index (χ0v) is 16.2. The van der Waals surface area contributed by atoms with Crippen molar-refractivity contribution in [2.75, 3.05) is 25.3 Å². The van der Waals surface area contributed by atoms with Gasteiger partial charge in [-0.05, 0) is 29.8 Å². The molecule has 4 aromatic rings. The molecule has 7 nitrogen and oxygen atoms in total. The van der Waals surface area contributed by atoms with E-state index in [0.29, 0.717) is 35.4 Å². The molecular weight excluding hydrogens is 366 g/mol. The number of hydrogen-bond donors (Lipinski definition) is 2. The van der Waals surface area contributed by atoms with Crippen LogP contribution in [0.15, 0.2) is 60.9 Å². The lowest BCUT2D eigenvalue weighted by Crippen LogP contribution is -2.05. The predicted molar refractivity (Wildman–Crippen MR) is 114 cm³/mol. The number of nitrogen functional groups attached to an aromatic ring is 1. The molecule has 0 aliphatic carbocycles. The standard InChI is InChI=1S/C22H21N5O2/c1-28-19-10-17-18(11-20(19)29-2)26-21(15-6-3-7-16(23)9-15)27-22(17)25-13-14-5-4-8-24-12-14/h3-12H,13,23H2,1-2H3,(H,25,26,27). The molecule has 4 rings (SSSR count). The van der Waals surface area contributed by atoms with E-state index in [1.807, 2.05) is 54.7 Å². The lowest BCUT2D eigenvalue weighted by atomic mass is 10.1. The molecule has 0 aliphatic heterocycles. The van der Waals surface area contributed by atoms with Crippen LogP contribution >= 0.6 is 0 Å². The van der Waals surface area contributed by atoms with Crippen LogP contribution in [0, 0.1) is 0 Å². The molecule has 0 saturated carbocycles. The average Bonchev–Trinajstić information content (AvgIpc) is 2.77. The SMILES string of the molecule is COc1cc2nc(-c3cccc(N)c3)nc(NCc3cccnc3)c2cc1OC. The van der Waals surface area contributed by atoms with Crippen molar-refractivity contribution < 1.29 is 9.47 Å². The highest BCUT2D eigenvalue weighted by Crippen LogP contribution is 2.35. The molecule has 0 unspecified atom stereocenters. The third kappa shape index (κ3) is 3.89. The van der Waals surface area contributed by atoms with E-state index in [2.05, 4.69) is 10.3 Å². The summed E-state index contributed by atoms with van der Waals surface area (Å²) in [6.07, 6.45) is 3.57. The molecule has 0 aliphatic rings. The Morgan fingerprint density at radius 3 is 2.52 bits per heavy atom. The second kappa shape index (κ2) is 8.02. The molecule has 29 heavy (non-hydrogen) atoms. The van der Waals surface area contributed by atoms with Crippen LogP contribution < -0.4 is 20.5 Å². The molecule has 0 spiro atoms. The van der Waals surface area contributed by atoms with Gasteiger partial charge in [0.2, 0.25) is 0 Å². The van der Waals surface area contributed by atoms with Gasteiger partial charge >= 0.3 is 0 Å². The Morgan fingerprint density at radius 1 is 0.966 bits per heavy atom. The number of rotatable bonds is 6. The number of hydrogen-bond acceptors (Lipinski definition) is 7. The van der Waals surface area contributed by atoms with Crippen molar-refractivity contribution in [1.29, 1.82) is 0 Å². The summed E-state index contributed by atoms with van der Waals surface area (Å²) in [5.41, 5.74) is 9.23.